The Balaban J connectivity index is 2.19. The molecule has 0 saturated carbocycles. The Bertz CT molecular complexity index is 536. The standard InChI is InChI=1S/C18H22FN/c1-3-20-13-17(15-7-5-4-6-8-15)12-16-9-10-18(19)11-14(16)2/h4-11,17,20H,3,12-13H2,1-2H3. The van der Waals surface area contributed by atoms with Crippen LogP contribution in [0.3, 0.4) is 0 Å². The van der Waals surface area contributed by atoms with Gasteiger partial charge >= 0.3 is 0 Å². The lowest BCUT2D eigenvalue weighted by Crippen LogP contribution is -2.22. The molecule has 2 aromatic carbocycles. The Morgan fingerprint density at radius 3 is 2.50 bits per heavy atom. The maximum absolute atomic E-state index is 13.2. The van der Waals surface area contributed by atoms with E-state index >= 15 is 0 Å². The van der Waals surface area contributed by atoms with Crippen LogP contribution in [0.5, 0.6) is 0 Å². The average molecular weight is 271 g/mol. The van der Waals surface area contributed by atoms with Crippen molar-refractivity contribution in [3.8, 4) is 0 Å². The van der Waals surface area contributed by atoms with Gasteiger partial charge in [-0.05, 0) is 48.7 Å². The molecule has 0 radical (unpaired) electrons. The number of likely N-dealkylation sites (N-methyl/N-ethyl adjacent to an activating group) is 1. The molecule has 1 N–H and O–H groups in total. The molecule has 0 bridgehead atoms. The van der Waals surface area contributed by atoms with Gasteiger partial charge in [-0.25, -0.2) is 4.39 Å². The summed E-state index contributed by atoms with van der Waals surface area (Å²) in [4.78, 5) is 0. The normalized spacial score (nSPS) is 12.3. The number of aryl methyl sites for hydroxylation is 1. The van der Waals surface area contributed by atoms with Crippen LogP contribution >= 0.6 is 0 Å². The fraction of sp³-hybridized carbons (Fsp3) is 0.333. The Kier molecular flexibility index (Phi) is 5.31. The molecule has 0 aliphatic heterocycles. The van der Waals surface area contributed by atoms with Crippen molar-refractivity contribution in [2.45, 2.75) is 26.2 Å². The highest BCUT2D eigenvalue weighted by atomic mass is 19.1. The first-order valence-corrected chi connectivity index (χ1v) is 7.21. The summed E-state index contributed by atoms with van der Waals surface area (Å²) in [7, 11) is 0. The molecule has 0 saturated heterocycles. The topological polar surface area (TPSA) is 12.0 Å². The summed E-state index contributed by atoms with van der Waals surface area (Å²) in [6.07, 6.45) is 0.934. The van der Waals surface area contributed by atoms with E-state index in [2.05, 4.69) is 36.5 Å². The van der Waals surface area contributed by atoms with Crippen molar-refractivity contribution >= 4 is 0 Å². The van der Waals surface area contributed by atoms with E-state index in [4.69, 9.17) is 0 Å². The molecule has 0 heterocycles. The smallest absolute Gasteiger partial charge is 0.123 e. The fourth-order valence-electron chi connectivity index (χ4n) is 2.51. The molecule has 0 spiro atoms. The fourth-order valence-corrected chi connectivity index (χ4v) is 2.51. The highest BCUT2D eigenvalue weighted by Crippen LogP contribution is 2.22. The van der Waals surface area contributed by atoms with Crippen LogP contribution in [0, 0.1) is 12.7 Å². The van der Waals surface area contributed by atoms with Gasteiger partial charge in [0.1, 0.15) is 5.82 Å². The maximum atomic E-state index is 13.2. The summed E-state index contributed by atoms with van der Waals surface area (Å²) in [6, 6.07) is 15.6. The Hall–Kier alpha value is -1.67. The first-order chi connectivity index (χ1) is 9.70. The number of hydrogen-bond donors (Lipinski definition) is 1. The Morgan fingerprint density at radius 2 is 1.85 bits per heavy atom. The van der Waals surface area contributed by atoms with E-state index in [0.29, 0.717) is 5.92 Å². The zero-order chi connectivity index (χ0) is 14.4. The third-order valence-electron chi connectivity index (χ3n) is 3.68. The quantitative estimate of drug-likeness (QED) is 0.835. The van der Waals surface area contributed by atoms with Gasteiger partial charge in [-0.3, -0.25) is 0 Å². The molecule has 2 aromatic rings. The lowest BCUT2D eigenvalue weighted by atomic mass is 9.90. The SMILES string of the molecule is CCNCC(Cc1ccc(F)cc1C)c1ccccc1. The largest absolute Gasteiger partial charge is 0.316 e. The Labute approximate surface area is 120 Å². The van der Waals surface area contributed by atoms with Crippen LogP contribution < -0.4 is 5.32 Å². The van der Waals surface area contributed by atoms with Crippen LogP contribution in [0.15, 0.2) is 48.5 Å². The molecule has 2 rings (SSSR count). The molecule has 0 aliphatic rings. The van der Waals surface area contributed by atoms with Crippen LogP contribution in [0.2, 0.25) is 0 Å². The molecule has 0 aliphatic carbocycles. The zero-order valence-electron chi connectivity index (χ0n) is 12.2. The summed E-state index contributed by atoms with van der Waals surface area (Å²) in [5, 5.41) is 3.42. The molecule has 2 heteroatoms. The summed E-state index contributed by atoms with van der Waals surface area (Å²) in [5.74, 6) is 0.259. The molecule has 0 fully saturated rings. The van der Waals surface area contributed by atoms with E-state index in [1.807, 2.05) is 19.1 Å². The van der Waals surface area contributed by atoms with E-state index in [1.54, 1.807) is 12.1 Å². The minimum atomic E-state index is -0.158. The van der Waals surface area contributed by atoms with Gasteiger partial charge in [-0.2, -0.15) is 0 Å². The van der Waals surface area contributed by atoms with Crippen molar-refractivity contribution < 1.29 is 4.39 Å². The van der Waals surface area contributed by atoms with Crippen LogP contribution in [-0.4, -0.2) is 13.1 Å². The monoisotopic (exact) mass is 271 g/mol. The molecule has 0 aromatic heterocycles. The van der Waals surface area contributed by atoms with Crippen molar-refractivity contribution in [3.63, 3.8) is 0 Å². The molecular weight excluding hydrogens is 249 g/mol. The average Bonchev–Trinajstić information content (AvgIpc) is 2.46. The third-order valence-corrected chi connectivity index (χ3v) is 3.68. The van der Waals surface area contributed by atoms with Crippen molar-refractivity contribution in [3.05, 3.63) is 71.0 Å². The highest BCUT2D eigenvalue weighted by molar-refractivity contribution is 5.30. The number of halogens is 1. The maximum Gasteiger partial charge on any atom is 0.123 e. The lowest BCUT2D eigenvalue weighted by Gasteiger charge is -2.19. The van der Waals surface area contributed by atoms with Gasteiger partial charge in [-0.1, -0.05) is 43.3 Å². The summed E-state index contributed by atoms with van der Waals surface area (Å²) in [6.45, 7) is 6.00. The van der Waals surface area contributed by atoms with E-state index in [0.717, 1.165) is 25.1 Å². The second-order valence-corrected chi connectivity index (χ2v) is 5.19. The van der Waals surface area contributed by atoms with E-state index in [-0.39, 0.29) is 5.82 Å². The third kappa shape index (κ3) is 3.91. The van der Waals surface area contributed by atoms with Crippen molar-refractivity contribution in [2.24, 2.45) is 0 Å². The molecule has 20 heavy (non-hydrogen) atoms. The van der Waals surface area contributed by atoms with Crippen LogP contribution in [0.25, 0.3) is 0 Å². The predicted octanol–water partition coefficient (Wildman–Crippen LogP) is 4.07. The van der Waals surface area contributed by atoms with E-state index in [1.165, 1.54) is 11.1 Å². The number of benzene rings is 2. The molecule has 106 valence electrons. The minimum absolute atomic E-state index is 0.158. The van der Waals surface area contributed by atoms with Crippen LogP contribution in [0.1, 0.15) is 29.5 Å². The summed E-state index contributed by atoms with van der Waals surface area (Å²) >= 11 is 0. The molecule has 1 nitrogen and oxygen atoms in total. The molecule has 1 unspecified atom stereocenters. The molecule has 1 atom stereocenters. The van der Waals surface area contributed by atoms with Crippen molar-refractivity contribution in [2.75, 3.05) is 13.1 Å². The van der Waals surface area contributed by atoms with Crippen LogP contribution in [-0.2, 0) is 6.42 Å². The molecular formula is C18H22FN. The van der Waals surface area contributed by atoms with Crippen molar-refractivity contribution in [1.29, 1.82) is 0 Å². The number of rotatable bonds is 6. The lowest BCUT2D eigenvalue weighted by molar-refractivity contribution is 0.591. The van der Waals surface area contributed by atoms with Gasteiger partial charge in [0.25, 0.3) is 0 Å². The van der Waals surface area contributed by atoms with Gasteiger partial charge in [0, 0.05) is 12.5 Å². The second-order valence-electron chi connectivity index (χ2n) is 5.19. The first-order valence-electron chi connectivity index (χ1n) is 7.21. The van der Waals surface area contributed by atoms with Gasteiger partial charge < -0.3 is 5.32 Å². The minimum Gasteiger partial charge on any atom is -0.316 e. The number of nitrogens with one attached hydrogen (secondary N) is 1. The van der Waals surface area contributed by atoms with Gasteiger partial charge in [-0.15, -0.1) is 0 Å². The summed E-state index contributed by atoms with van der Waals surface area (Å²) < 4.78 is 13.2. The van der Waals surface area contributed by atoms with Crippen molar-refractivity contribution in [1.82, 2.24) is 5.32 Å². The Morgan fingerprint density at radius 1 is 1.10 bits per heavy atom. The van der Waals surface area contributed by atoms with Gasteiger partial charge in [0.05, 0.1) is 0 Å². The van der Waals surface area contributed by atoms with E-state index < -0.39 is 0 Å². The zero-order valence-corrected chi connectivity index (χ0v) is 12.2. The van der Waals surface area contributed by atoms with Crippen LogP contribution in [0.4, 0.5) is 4.39 Å². The highest BCUT2D eigenvalue weighted by Gasteiger charge is 2.13. The molecule has 0 amide bonds. The van der Waals surface area contributed by atoms with Gasteiger partial charge in [0.2, 0.25) is 0 Å². The first kappa shape index (κ1) is 14.7. The second kappa shape index (κ2) is 7.20. The van der Waals surface area contributed by atoms with Gasteiger partial charge in [0.15, 0.2) is 0 Å². The number of hydrogen-bond acceptors (Lipinski definition) is 1. The summed E-state index contributed by atoms with van der Waals surface area (Å²) in [5.41, 5.74) is 3.58. The van der Waals surface area contributed by atoms with E-state index in [9.17, 15) is 4.39 Å². The predicted molar refractivity (Wildman–Crippen MR) is 82.6 cm³/mol.